The maximum absolute atomic E-state index is 5.56. The van der Waals surface area contributed by atoms with Gasteiger partial charge in [0.2, 0.25) is 0 Å². The van der Waals surface area contributed by atoms with Crippen LogP contribution in [0.4, 0.5) is 0 Å². The van der Waals surface area contributed by atoms with Gasteiger partial charge >= 0.3 is 0 Å². The smallest absolute Gasteiger partial charge is 0.0593 e. The number of methoxy groups -OCH3 is 1. The maximum atomic E-state index is 5.56. The van der Waals surface area contributed by atoms with E-state index in [4.69, 9.17) is 9.47 Å². The maximum Gasteiger partial charge on any atom is 0.0593 e. The van der Waals surface area contributed by atoms with Crippen LogP contribution in [0.5, 0.6) is 0 Å². The van der Waals surface area contributed by atoms with Crippen molar-refractivity contribution in [3.05, 3.63) is 0 Å². The molecule has 1 fully saturated rings. The second-order valence-electron chi connectivity index (χ2n) is 5.05. The second-order valence-corrected chi connectivity index (χ2v) is 5.05. The Balaban J connectivity index is 2.00. The monoisotopic (exact) mass is 230 g/mol. The van der Waals surface area contributed by atoms with Crippen molar-refractivity contribution in [1.82, 2.24) is 10.2 Å². The molecule has 0 bridgehead atoms. The largest absolute Gasteiger partial charge is 0.385 e. The second kappa shape index (κ2) is 7.22. The lowest BCUT2D eigenvalue weighted by Crippen LogP contribution is -2.57. The van der Waals surface area contributed by atoms with Crippen LogP contribution >= 0.6 is 0 Å². The van der Waals surface area contributed by atoms with E-state index < -0.39 is 0 Å². The van der Waals surface area contributed by atoms with Gasteiger partial charge < -0.3 is 14.8 Å². The number of rotatable bonds is 7. The van der Waals surface area contributed by atoms with E-state index in [-0.39, 0.29) is 5.54 Å². The van der Waals surface area contributed by atoms with Crippen LogP contribution in [0.15, 0.2) is 0 Å². The van der Waals surface area contributed by atoms with Crippen LogP contribution in [-0.2, 0) is 9.47 Å². The molecule has 0 spiro atoms. The van der Waals surface area contributed by atoms with E-state index in [1.807, 2.05) is 0 Å². The first kappa shape index (κ1) is 13.9. The van der Waals surface area contributed by atoms with E-state index in [0.717, 1.165) is 52.4 Å². The van der Waals surface area contributed by atoms with E-state index in [2.05, 4.69) is 24.1 Å². The minimum atomic E-state index is 0.244. The molecule has 0 radical (unpaired) electrons. The molecule has 0 aromatic heterocycles. The van der Waals surface area contributed by atoms with Crippen molar-refractivity contribution >= 4 is 0 Å². The number of nitrogens with zero attached hydrogens (tertiary/aromatic N) is 1. The predicted octanol–water partition coefficient (Wildman–Crippen LogP) is 0.723. The number of hydrogen-bond donors (Lipinski definition) is 1. The van der Waals surface area contributed by atoms with Crippen molar-refractivity contribution in [2.75, 3.05) is 53.1 Å². The molecule has 0 aromatic carbocycles. The van der Waals surface area contributed by atoms with Crippen molar-refractivity contribution in [3.63, 3.8) is 0 Å². The Labute approximate surface area is 99.3 Å². The number of hydrogen-bond acceptors (Lipinski definition) is 4. The van der Waals surface area contributed by atoms with Crippen LogP contribution < -0.4 is 5.32 Å². The summed E-state index contributed by atoms with van der Waals surface area (Å²) in [4.78, 5) is 2.47. The van der Waals surface area contributed by atoms with Crippen LogP contribution in [0.3, 0.4) is 0 Å². The summed E-state index contributed by atoms with van der Waals surface area (Å²) in [6, 6.07) is 0. The Morgan fingerprint density at radius 3 is 2.75 bits per heavy atom. The summed E-state index contributed by atoms with van der Waals surface area (Å²) >= 11 is 0. The molecule has 96 valence electrons. The van der Waals surface area contributed by atoms with E-state index in [1.165, 1.54) is 0 Å². The molecule has 4 heteroatoms. The zero-order chi connectivity index (χ0) is 11.9. The van der Waals surface area contributed by atoms with Gasteiger partial charge in [-0.1, -0.05) is 0 Å². The van der Waals surface area contributed by atoms with E-state index in [9.17, 15) is 0 Å². The Bertz CT molecular complexity index is 186. The number of piperazine rings is 1. The quantitative estimate of drug-likeness (QED) is 0.654. The molecule has 4 nitrogen and oxygen atoms in total. The fraction of sp³-hybridized carbons (Fsp3) is 1.00. The summed E-state index contributed by atoms with van der Waals surface area (Å²) in [5.41, 5.74) is 0.244. The number of nitrogens with one attached hydrogen (secondary N) is 1. The van der Waals surface area contributed by atoms with Gasteiger partial charge in [0, 0.05) is 52.0 Å². The predicted molar refractivity (Wildman–Crippen MR) is 65.8 cm³/mol. The standard InChI is InChI=1S/C12H26N2O2/c1-12(2)11-14(6-5-13-12)7-10-16-9-4-8-15-3/h13H,4-11H2,1-3H3. The third-order valence-electron chi connectivity index (χ3n) is 2.84. The molecule has 0 saturated carbocycles. The van der Waals surface area contributed by atoms with Gasteiger partial charge in [-0.15, -0.1) is 0 Å². The van der Waals surface area contributed by atoms with E-state index in [1.54, 1.807) is 7.11 Å². The zero-order valence-electron chi connectivity index (χ0n) is 10.9. The van der Waals surface area contributed by atoms with Crippen LogP contribution in [-0.4, -0.2) is 63.5 Å². The highest BCUT2D eigenvalue weighted by Gasteiger charge is 2.24. The summed E-state index contributed by atoms with van der Waals surface area (Å²) in [6.07, 6.45) is 0.990. The first-order valence-electron chi connectivity index (χ1n) is 6.18. The summed E-state index contributed by atoms with van der Waals surface area (Å²) in [5, 5.41) is 3.51. The van der Waals surface area contributed by atoms with Gasteiger partial charge in [-0.25, -0.2) is 0 Å². The highest BCUT2D eigenvalue weighted by molar-refractivity contribution is 4.86. The summed E-state index contributed by atoms with van der Waals surface area (Å²) in [5.74, 6) is 0. The van der Waals surface area contributed by atoms with Gasteiger partial charge in [-0.05, 0) is 20.3 Å². The molecule has 0 atom stereocenters. The average molecular weight is 230 g/mol. The lowest BCUT2D eigenvalue weighted by Gasteiger charge is -2.39. The molecular weight excluding hydrogens is 204 g/mol. The topological polar surface area (TPSA) is 33.7 Å². The van der Waals surface area contributed by atoms with Gasteiger partial charge in [0.25, 0.3) is 0 Å². The molecule has 1 N–H and O–H groups in total. The fourth-order valence-corrected chi connectivity index (χ4v) is 2.04. The lowest BCUT2D eigenvalue weighted by molar-refractivity contribution is 0.0681. The Hall–Kier alpha value is -0.160. The van der Waals surface area contributed by atoms with Gasteiger partial charge in [0.1, 0.15) is 0 Å². The molecule has 1 heterocycles. The molecular formula is C12H26N2O2. The third kappa shape index (κ3) is 5.80. The van der Waals surface area contributed by atoms with Gasteiger partial charge in [0.15, 0.2) is 0 Å². The van der Waals surface area contributed by atoms with Crippen LogP contribution in [0.25, 0.3) is 0 Å². The normalized spacial score (nSPS) is 21.2. The number of ether oxygens (including phenoxy) is 2. The van der Waals surface area contributed by atoms with Gasteiger partial charge in [-0.2, -0.15) is 0 Å². The highest BCUT2D eigenvalue weighted by Crippen LogP contribution is 2.09. The van der Waals surface area contributed by atoms with Crippen molar-refractivity contribution < 1.29 is 9.47 Å². The molecule has 0 amide bonds. The van der Waals surface area contributed by atoms with Crippen LogP contribution in [0.1, 0.15) is 20.3 Å². The molecule has 1 rings (SSSR count). The fourth-order valence-electron chi connectivity index (χ4n) is 2.04. The van der Waals surface area contributed by atoms with E-state index >= 15 is 0 Å². The van der Waals surface area contributed by atoms with Gasteiger partial charge in [-0.3, -0.25) is 4.90 Å². The van der Waals surface area contributed by atoms with Crippen molar-refractivity contribution in [2.24, 2.45) is 0 Å². The molecule has 1 saturated heterocycles. The molecule has 1 aliphatic rings. The molecule has 0 aromatic rings. The van der Waals surface area contributed by atoms with E-state index in [0.29, 0.717) is 0 Å². The summed E-state index contributed by atoms with van der Waals surface area (Å²) in [6.45, 7) is 11.3. The first-order chi connectivity index (χ1) is 7.64. The van der Waals surface area contributed by atoms with Gasteiger partial charge in [0.05, 0.1) is 6.61 Å². The lowest BCUT2D eigenvalue weighted by atomic mass is 10.0. The summed E-state index contributed by atoms with van der Waals surface area (Å²) in [7, 11) is 1.73. The van der Waals surface area contributed by atoms with Crippen molar-refractivity contribution in [2.45, 2.75) is 25.8 Å². The minimum absolute atomic E-state index is 0.244. The van der Waals surface area contributed by atoms with Crippen molar-refractivity contribution in [3.8, 4) is 0 Å². The molecule has 0 aliphatic carbocycles. The zero-order valence-corrected chi connectivity index (χ0v) is 10.9. The summed E-state index contributed by atoms with van der Waals surface area (Å²) < 4.78 is 10.5. The minimum Gasteiger partial charge on any atom is -0.385 e. The highest BCUT2D eigenvalue weighted by atomic mass is 16.5. The van der Waals surface area contributed by atoms with Crippen molar-refractivity contribution in [1.29, 1.82) is 0 Å². The third-order valence-corrected chi connectivity index (χ3v) is 2.84. The first-order valence-corrected chi connectivity index (χ1v) is 6.18. The molecule has 0 unspecified atom stereocenters. The average Bonchev–Trinajstić information content (AvgIpc) is 2.22. The Morgan fingerprint density at radius 1 is 1.25 bits per heavy atom. The van der Waals surface area contributed by atoms with Crippen LogP contribution in [0.2, 0.25) is 0 Å². The molecule has 16 heavy (non-hydrogen) atoms. The van der Waals surface area contributed by atoms with Crippen LogP contribution in [0, 0.1) is 0 Å². The SMILES string of the molecule is COCCCOCCN1CCNC(C)(C)C1. The Morgan fingerprint density at radius 2 is 2.06 bits per heavy atom. The Kier molecular flexibility index (Phi) is 6.28. The molecule has 1 aliphatic heterocycles.